The minimum absolute atomic E-state index is 0.0798. The molecule has 0 amide bonds. The second kappa shape index (κ2) is 8.82. The Bertz CT molecular complexity index is 1310. The molecule has 0 saturated heterocycles. The van der Waals surface area contributed by atoms with E-state index in [-0.39, 0.29) is 26.9 Å². The highest BCUT2D eigenvalue weighted by atomic mass is 32.2. The van der Waals surface area contributed by atoms with E-state index in [0.29, 0.717) is 5.75 Å². The molecule has 3 aromatic carbocycles. The first kappa shape index (κ1) is 22.4. The lowest BCUT2D eigenvalue weighted by Gasteiger charge is -2.15. The number of anilines is 2. The monoisotopic (exact) mass is 466 g/mol. The van der Waals surface area contributed by atoms with E-state index in [4.69, 9.17) is 9.47 Å². The van der Waals surface area contributed by atoms with E-state index >= 15 is 0 Å². The molecule has 8 nitrogen and oxygen atoms in total. The molecule has 0 bridgehead atoms. The van der Waals surface area contributed by atoms with Crippen molar-refractivity contribution in [3.05, 3.63) is 72.5 Å². The molecule has 0 heterocycles. The number of benzene rings is 3. The molecular weight excluding hydrogens is 447 g/mol. The van der Waals surface area contributed by atoms with Crippen LogP contribution in [-0.2, 0) is 20.0 Å². The largest absolute Gasteiger partial charge is 0.495 e. The van der Waals surface area contributed by atoms with Crippen molar-refractivity contribution >= 4 is 31.4 Å². The molecule has 0 aromatic heterocycles. The highest BCUT2D eigenvalue weighted by Gasteiger charge is 2.22. The Morgan fingerprint density at radius 3 is 1.90 bits per heavy atom. The standard InChI is InChI=1S/C20H19FN2O6S2/c1-28-19-9-4-3-8-17(19)22-31(26,27)16-10-11-20(29-2)18(13-16)23-30(24,25)15-7-5-6-14(21)12-15/h3-13,22-23H,1-2H3. The molecule has 0 fully saturated rings. The summed E-state index contributed by atoms with van der Waals surface area (Å²) in [5, 5.41) is 0. The number of nitrogens with one attached hydrogen (secondary N) is 2. The minimum atomic E-state index is -4.21. The summed E-state index contributed by atoms with van der Waals surface area (Å²) in [4.78, 5) is -0.550. The second-order valence-electron chi connectivity index (χ2n) is 6.23. The Labute approximate surface area is 179 Å². The van der Waals surface area contributed by atoms with Gasteiger partial charge in [0.25, 0.3) is 20.0 Å². The molecular formula is C20H19FN2O6S2. The molecule has 0 atom stereocenters. The summed E-state index contributed by atoms with van der Waals surface area (Å²) in [6.45, 7) is 0. The van der Waals surface area contributed by atoms with Crippen LogP contribution < -0.4 is 18.9 Å². The zero-order valence-corrected chi connectivity index (χ0v) is 18.1. The van der Waals surface area contributed by atoms with Crippen LogP contribution in [0.1, 0.15) is 0 Å². The lowest BCUT2D eigenvalue weighted by atomic mass is 10.3. The SMILES string of the molecule is COc1ccccc1NS(=O)(=O)c1ccc(OC)c(NS(=O)(=O)c2cccc(F)c2)c1. The molecule has 31 heavy (non-hydrogen) atoms. The predicted molar refractivity (Wildman–Crippen MR) is 114 cm³/mol. The fourth-order valence-corrected chi connectivity index (χ4v) is 4.89. The topological polar surface area (TPSA) is 111 Å². The van der Waals surface area contributed by atoms with Gasteiger partial charge in [-0.15, -0.1) is 0 Å². The highest BCUT2D eigenvalue weighted by Crippen LogP contribution is 2.32. The zero-order chi connectivity index (χ0) is 22.6. The molecule has 0 unspecified atom stereocenters. The number of halogens is 1. The maximum Gasteiger partial charge on any atom is 0.262 e. The Balaban J connectivity index is 1.98. The number of sulfonamides is 2. The van der Waals surface area contributed by atoms with Crippen LogP contribution in [0, 0.1) is 5.82 Å². The van der Waals surface area contributed by atoms with Gasteiger partial charge in [-0.2, -0.15) is 0 Å². The molecule has 0 spiro atoms. The van der Waals surface area contributed by atoms with Crippen LogP contribution in [0.3, 0.4) is 0 Å². The molecule has 164 valence electrons. The predicted octanol–water partition coefficient (Wildman–Crippen LogP) is 3.44. The van der Waals surface area contributed by atoms with Crippen molar-refractivity contribution in [2.45, 2.75) is 9.79 Å². The number of rotatable bonds is 8. The van der Waals surface area contributed by atoms with Crippen LogP contribution in [0.15, 0.2) is 76.5 Å². The van der Waals surface area contributed by atoms with Crippen LogP contribution in [-0.4, -0.2) is 31.1 Å². The molecule has 0 saturated carbocycles. The van der Waals surface area contributed by atoms with Crippen molar-refractivity contribution in [1.29, 1.82) is 0 Å². The Hall–Kier alpha value is -3.31. The van der Waals surface area contributed by atoms with Crippen molar-refractivity contribution in [2.24, 2.45) is 0 Å². The third-order valence-corrected chi connectivity index (χ3v) is 6.91. The molecule has 0 radical (unpaired) electrons. The smallest absolute Gasteiger partial charge is 0.262 e. The Morgan fingerprint density at radius 2 is 1.26 bits per heavy atom. The lowest BCUT2D eigenvalue weighted by Crippen LogP contribution is -2.16. The third kappa shape index (κ3) is 5.06. The molecule has 0 aliphatic rings. The third-order valence-electron chi connectivity index (χ3n) is 4.18. The van der Waals surface area contributed by atoms with Crippen LogP contribution in [0.4, 0.5) is 15.8 Å². The van der Waals surface area contributed by atoms with Gasteiger partial charge >= 0.3 is 0 Å². The van der Waals surface area contributed by atoms with Gasteiger partial charge in [-0.1, -0.05) is 18.2 Å². The van der Waals surface area contributed by atoms with Crippen molar-refractivity contribution < 1.29 is 30.7 Å². The van der Waals surface area contributed by atoms with Crippen molar-refractivity contribution in [2.75, 3.05) is 23.7 Å². The number of hydrogen-bond acceptors (Lipinski definition) is 6. The summed E-state index contributed by atoms with van der Waals surface area (Å²) in [5.74, 6) is -0.338. The first-order chi connectivity index (χ1) is 14.7. The first-order valence-corrected chi connectivity index (χ1v) is 11.7. The first-order valence-electron chi connectivity index (χ1n) is 8.78. The van der Waals surface area contributed by atoms with E-state index in [1.807, 2.05) is 0 Å². The van der Waals surface area contributed by atoms with E-state index in [9.17, 15) is 21.2 Å². The summed E-state index contributed by atoms with van der Waals surface area (Å²) >= 11 is 0. The maximum absolute atomic E-state index is 13.5. The normalized spacial score (nSPS) is 11.6. The van der Waals surface area contributed by atoms with Crippen LogP contribution in [0.2, 0.25) is 0 Å². The quantitative estimate of drug-likeness (QED) is 0.526. The van der Waals surface area contributed by atoms with Gasteiger partial charge in [0.1, 0.15) is 17.3 Å². The van der Waals surface area contributed by atoms with Crippen LogP contribution in [0.5, 0.6) is 11.5 Å². The molecule has 11 heteroatoms. The molecule has 3 rings (SSSR count). The fraction of sp³-hybridized carbons (Fsp3) is 0.100. The number of ether oxygens (including phenoxy) is 2. The van der Waals surface area contributed by atoms with Crippen LogP contribution in [0.25, 0.3) is 0 Å². The van der Waals surface area contributed by atoms with Gasteiger partial charge in [0.05, 0.1) is 35.4 Å². The number of hydrogen-bond donors (Lipinski definition) is 2. The number of methoxy groups -OCH3 is 2. The van der Waals surface area contributed by atoms with Gasteiger partial charge in [0, 0.05) is 0 Å². The number of para-hydroxylation sites is 2. The van der Waals surface area contributed by atoms with E-state index in [2.05, 4.69) is 9.44 Å². The van der Waals surface area contributed by atoms with E-state index in [0.717, 1.165) is 18.2 Å². The van der Waals surface area contributed by atoms with Crippen LogP contribution >= 0.6 is 0 Å². The van der Waals surface area contributed by atoms with Gasteiger partial charge in [0.15, 0.2) is 0 Å². The Kier molecular flexibility index (Phi) is 6.37. The fourth-order valence-electron chi connectivity index (χ4n) is 2.70. The van der Waals surface area contributed by atoms with Gasteiger partial charge in [-0.05, 0) is 48.5 Å². The highest BCUT2D eigenvalue weighted by molar-refractivity contribution is 7.93. The maximum atomic E-state index is 13.5. The Morgan fingerprint density at radius 1 is 0.677 bits per heavy atom. The van der Waals surface area contributed by atoms with Gasteiger partial charge in [-0.25, -0.2) is 21.2 Å². The van der Waals surface area contributed by atoms with Crippen molar-refractivity contribution in [3.63, 3.8) is 0 Å². The summed E-state index contributed by atoms with van der Waals surface area (Å²) in [6, 6.07) is 14.5. The zero-order valence-electron chi connectivity index (χ0n) is 16.5. The minimum Gasteiger partial charge on any atom is -0.495 e. The van der Waals surface area contributed by atoms with E-state index in [1.165, 1.54) is 44.6 Å². The van der Waals surface area contributed by atoms with Gasteiger partial charge in [-0.3, -0.25) is 9.44 Å². The van der Waals surface area contributed by atoms with Crippen molar-refractivity contribution in [3.8, 4) is 11.5 Å². The molecule has 2 N–H and O–H groups in total. The lowest BCUT2D eigenvalue weighted by molar-refractivity contribution is 0.416. The molecule has 0 aliphatic heterocycles. The summed E-state index contributed by atoms with van der Waals surface area (Å²) in [6.07, 6.45) is 0. The summed E-state index contributed by atoms with van der Waals surface area (Å²) in [7, 11) is -5.60. The average Bonchev–Trinajstić information content (AvgIpc) is 2.73. The average molecular weight is 467 g/mol. The van der Waals surface area contributed by atoms with Gasteiger partial charge < -0.3 is 9.47 Å². The van der Waals surface area contributed by atoms with E-state index < -0.39 is 25.9 Å². The van der Waals surface area contributed by atoms with E-state index in [1.54, 1.807) is 18.2 Å². The summed E-state index contributed by atoms with van der Waals surface area (Å²) in [5.41, 5.74) is 0.0809. The van der Waals surface area contributed by atoms with Gasteiger partial charge in [0.2, 0.25) is 0 Å². The second-order valence-corrected chi connectivity index (χ2v) is 9.60. The van der Waals surface area contributed by atoms with Crippen molar-refractivity contribution in [1.82, 2.24) is 0 Å². The molecule has 0 aliphatic carbocycles. The molecule has 3 aromatic rings. The summed E-state index contributed by atoms with van der Waals surface area (Å²) < 4.78 is 79.4.